The van der Waals surface area contributed by atoms with E-state index in [2.05, 4.69) is 0 Å². The van der Waals surface area contributed by atoms with Gasteiger partial charge in [0, 0.05) is 5.56 Å². The molecule has 4 heteroatoms. The number of benzene rings is 2. The second kappa shape index (κ2) is 7.09. The van der Waals surface area contributed by atoms with Gasteiger partial charge in [-0.05, 0) is 30.5 Å². The molecule has 0 saturated carbocycles. The number of carbonyl (C=O) groups is 2. The molecule has 0 spiro atoms. The Kier molecular flexibility index (Phi) is 5.16. The summed E-state index contributed by atoms with van der Waals surface area (Å²) in [4.78, 5) is 24.3. The molecule has 0 radical (unpaired) electrons. The lowest BCUT2D eigenvalue weighted by Crippen LogP contribution is -2.12. The highest BCUT2D eigenvalue weighted by Crippen LogP contribution is 2.32. The van der Waals surface area contributed by atoms with Gasteiger partial charge in [0.1, 0.15) is 5.75 Å². The monoisotopic (exact) mass is 312 g/mol. The number of para-hydroxylation sites is 1. The SMILES string of the molecule is CCOc1c(C(=O)c2ccccc2C(=O)O)cccc1C(C)C. The molecule has 120 valence electrons. The maximum absolute atomic E-state index is 12.9. The van der Waals surface area contributed by atoms with Gasteiger partial charge in [-0.2, -0.15) is 0 Å². The van der Waals surface area contributed by atoms with Crippen LogP contribution in [-0.2, 0) is 0 Å². The summed E-state index contributed by atoms with van der Waals surface area (Å²) >= 11 is 0. The smallest absolute Gasteiger partial charge is 0.336 e. The van der Waals surface area contributed by atoms with Crippen LogP contribution in [0.5, 0.6) is 5.75 Å². The topological polar surface area (TPSA) is 63.6 Å². The molecule has 0 saturated heterocycles. The van der Waals surface area contributed by atoms with Crippen molar-refractivity contribution in [1.82, 2.24) is 0 Å². The van der Waals surface area contributed by atoms with Gasteiger partial charge in [0.25, 0.3) is 0 Å². The molecule has 4 nitrogen and oxygen atoms in total. The molecule has 1 N–H and O–H groups in total. The fourth-order valence-corrected chi connectivity index (χ4v) is 2.51. The first-order valence-electron chi connectivity index (χ1n) is 7.60. The van der Waals surface area contributed by atoms with Gasteiger partial charge in [0.05, 0.1) is 17.7 Å². The molecule has 0 bridgehead atoms. The Labute approximate surface area is 135 Å². The van der Waals surface area contributed by atoms with Crippen molar-refractivity contribution in [1.29, 1.82) is 0 Å². The van der Waals surface area contributed by atoms with Crippen molar-refractivity contribution in [2.75, 3.05) is 6.61 Å². The third-order valence-corrected chi connectivity index (χ3v) is 3.60. The van der Waals surface area contributed by atoms with Crippen molar-refractivity contribution < 1.29 is 19.4 Å². The maximum atomic E-state index is 12.9. The number of hydrogen-bond donors (Lipinski definition) is 1. The fraction of sp³-hybridized carbons (Fsp3) is 0.263. The zero-order valence-electron chi connectivity index (χ0n) is 13.5. The van der Waals surface area contributed by atoms with E-state index >= 15 is 0 Å². The van der Waals surface area contributed by atoms with Crippen molar-refractivity contribution in [3.05, 3.63) is 64.7 Å². The van der Waals surface area contributed by atoms with Gasteiger partial charge in [0.2, 0.25) is 0 Å². The van der Waals surface area contributed by atoms with Crippen molar-refractivity contribution in [2.24, 2.45) is 0 Å². The molecule has 0 aliphatic carbocycles. The molecule has 2 rings (SSSR count). The van der Waals surface area contributed by atoms with E-state index in [-0.39, 0.29) is 22.8 Å². The number of carboxylic acid groups (broad SMARTS) is 1. The normalized spacial score (nSPS) is 10.6. The van der Waals surface area contributed by atoms with E-state index in [0.717, 1.165) is 5.56 Å². The summed E-state index contributed by atoms with van der Waals surface area (Å²) < 4.78 is 5.70. The van der Waals surface area contributed by atoms with Gasteiger partial charge in [-0.3, -0.25) is 4.79 Å². The van der Waals surface area contributed by atoms with Crippen LogP contribution in [0.2, 0.25) is 0 Å². The van der Waals surface area contributed by atoms with Crippen LogP contribution in [0.3, 0.4) is 0 Å². The Hall–Kier alpha value is -2.62. The number of carbonyl (C=O) groups excluding carboxylic acids is 1. The summed E-state index contributed by atoms with van der Waals surface area (Å²) in [6.07, 6.45) is 0. The highest BCUT2D eigenvalue weighted by Gasteiger charge is 2.22. The largest absolute Gasteiger partial charge is 0.493 e. The van der Waals surface area contributed by atoms with Crippen LogP contribution in [0.4, 0.5) is 0 Å². The summed E-state index contributed by atoms with van der Waals surface area (Å²) in [5, 5.41) is 9.29. The number of rotatable bonds is 6. The average Bonchev–Trinajstić information content (AvgIpc) is 2.54. The first-order chi connectivity index (χ1) is 11.0. The number of hydrogen-bond acceptors (Lipinski definition) is 3. The fourth-order valence-electron chi connectivity index (χ4n) is 2.51. The third-order valence-electron chi connectivity index (χ3n) is 3.60. The third kappa shape index (κ3) is 3.42. The standard InChI is InChI=1S/C19H20O4/c1-4-23-18-13(12(2)3)10-7-11-16(18)17(20)14-8-5-6-9-15(14)19(21)22/h5-12H,4H2,1-3H3,(H,21,22). The van der Waals surface area contributed by atoms with Gasteiger partial charge in [-0.15, -0.1) is 0 Å². The Bertz CT molecular complexity index is 732. The van der Waals surface area contributed by atoms with E-state index in [9.17, 15) is 14.7 Å². The quantitative estimate of drug-likeness (QED) is 0.814. The minimum absolute atomic E-state index is 0.00472. The zero-order chi connectivity index (χ0) is 17.0. The molecular weight excluding hydrogens is 292 g/mol. The lowest BCUT2D eigenvalue weighted by molar-refractivity contribution is 0.0692. The molecule has 2 aromatic rings. The summed E-state index contributed by atoms with van der Waals surface area (Å²) in [5.41, 5.74) is 1.49. The van der Waals surface area contributed by atoms with Crippen LogP contribution >= 0.6 is 0 Å². The lowest BCUT2D eigenvalue weighted by atomic mass is 9.93. The molecule has 23 heavy (non-hydrogen) atoms. The highest BCUT2D eigenvalue weighted by atomic mass is 16.5. The number of carboxylic acids is 1. The van der Waals surface area contributed by atoms with Gasteiger partial charge in [-0.25, -0.2) is 4.79 Å². The Morgan fingerprint density at radius 3 is 2.17 bits per heavy atom. The van der Waals surface area contributed by atoms with E-state index < -0.39 is 5.97 Å². The van der Waals surface area contributed by atoms with Crippen LogP contribution in [0.1, 0.15) is 58.5 Å². The lowest BCUT2D eigenvalue weighted by Gasteiger charge is -2.17. The van der Waals surface area contributed by atoms with Gasteiger partial charge in [-0.1, -0.05) is 44.2 Å². The first-order valence-corrected chi connectivity index (χ1v) is 7.60. The second-order valence-electron chi connectivity index (χ2n) is 5.49. The Morgan fingerprint density at radius 2 is 1.61 bits per heavy atom. The Balaban J connectivity index is 2.60. The average molecular weight is 312 g/mol. The minimum atomic E-state index is -1.12. The molecule has 0 amide bonds. The predicted octanol–water partition coefficient (Wildman–Crippen LogP) is 4.14. The molecule has 0 atom stereocenters. The number of aromatic carboxylic acids is 1. The molecule has 0 unspecified atom stereocenters. The molecule has 2 aromatic carbocycles. The van der Waals surface area contributed by atoms with Crippen molar-refractivity contribution in [2.45, 2.75) is 26.7 Å². The van der Waals surface area contributed by atoms with Gasteiger partial charge >= 0.3 is 5.97 Å². The molecule has 0 fully saturated rings. The first kappa shape index (κ1) is 16.7. The van der Waals surface area contributed by atoms with E-state index in [1.807, 2.05) is 26.8 Å². The van der Waals surface area contributed by atoms with Crippen LogP contribution < -0.4 is 4.74 Å². The van der Waals surface area contributed by atoms with Crippen LogP contribution in [-0.4, -0.2) is 23.5 Å². The number of ketones is 1. The predicted molar refractivity (Wildman–Crippen MR) is 88.5 cm³/mol. The van der Waals surface area contributed by atoms with E-state index in [1.165, 1.54) is 12.1 Å². The Morgan fingerprint density at radius 1 is 1.00 bits per heavy atom. The van der Waals surface area contributed by atoms with E-state index in [4.69, 9.17) is 4.74 Å². The number of ether oxygens (including phenoxy) is 1. The molecular formula is C19H20O4. The summed E-state index contributed by atoms with van der Waals surface area (Å²) in [7, 11) is 0. The molecule has 0 aromatic heterocycles. The summed E-state index contributed by atoms with van der Waals surface area (Å²) in [5.74, 6) is -0.727. The van der Waals surface area contributed by atoms with E-state index in [1.54, 1.807) is 24.3 Å². The molecule has 0 aliphatic rings. The van der Waals surface area contributed by atoms with Gasteiger partial charge < -0.3 is 9.84 Å². The highest BCUT2D eigenvalue weighted by molar-refractivity contribution is 6.15. The second-order valence-corrected chi connectivity index (χ2v) is 5.49. The summed E-state index contributed by atoms with van der Waals surface area (Å²) in [6.45, 7) is 6.34. The minimum Gasteiger partial charge on any atom is -0.493 e. The molecule has 0 aliphatic heterocycles. The van der Waals surface area contributed by atoms with Crippen molar-refractivity contribution in [3.63, 3.8) is 0 Å². The van der Waals surface area contributed by atoms with E-state index in [0.29, 0.717) is 17.9 Å². The maximum Gasteiger partial charge on any atom is 0.336 e. The molecule has 0 heterocycles. The summed E-state index contributed by atoms with van der Waals surface area (Å²) in [6, 6.07) is 11.6. The van der Waals surface area contributed by atoms with Crippen molar-refractivity contribution in [3.8, 4) is 5.75 Å². The van der Waals surface area contributed by atoms with Crippen LogP contribution in [0, 0.1) is 0 Å². The van der Waals surface area contributed by atoms with Crippen LogP contribution in [0.15, 0.2) is 42.5 Å². The van der Waals surface area contributed by atoms with Gasteiger partial charge in [0.15, 0.2) is 5.78 Å². The zero-order valence-corrected chi connectivity index (χ0v) is 13.5. The van der Waals surface area contributed by atoms with Crippen molar-refractivity contribution >= 4 is 11.8 Å². The van der Waals surface area contributed by atoms with Crippen LogP contribution in [0.25, 0.3) is 0 Å².